The molecule has 3 aliphatic carbocycles. The standard InChI is InChI=1S/C30H38O3/c1-30-16-15-26-25-14-12-24(33-20-21-8-4-2-5-9-21)18-22(25)11-13-27(26)29(30)23(19-28(30)32)10-6-3-7-17-31/h2,4-5,8-9,12,14,18,23,26-27,29,31H,3,6-7,10-11,13,15-17,19-20H2,1H3/t23-,26-,27-,29+,30-/m1/s1. The molecule has 0 saturated heterocycles. The van der Waals surface area contributed by atoms with Gasteiger partial charge in [-0.2, -0.15) is 0 Å². The summed E-state index contributed by atoms with van der Waals surface area (Å²) in [5, 5.41) is 9.12. The Bertz CT molecular complexity index is 968. The summed E-state index contributed by atoms with van der Waals surface area (Å²) in [6.07, 6.45) is 9.49. The molecular formula is C30H38O3. The number of hydrogen-bond donors (Lipinski definition) is 1. The van der Waals surface area contributed by atoms with Crippen molar-refractivity contribution < 1.29 is 14.6 Å². The largest absolute Gasteiger partial charge is 0.489 e. The normalized spacial score (nSPS) is 30.4. The fourth-order valence-corrected chi connectivity index (χ4v) is 7.41. The number of carbonyl (C=O) groups is 1. The van der Waals surface area contributed by atoms with Gasteiger partial charge in [0.05, 0.1) is 0 Å². The van der Waals surface area contributed by atoms with Crippen molar-refractivity contribution in [2.75, 3.05) is 6.61 Å². The Kier molecular flexibility index (Phi) is 6.60. The monoisotopic (exact) mass is 446 g/mol. The van der Waals surface area contributed by atoms with Gasteiger partial charge in [-0.25, -0.2) is 0 Å². The number of rotatable bonds is 8. The first-order valence-electron chi connectivity index (χ1n) is 13.0. The van der Waals surface area contributed by atoms with E-state index in [9.17, 15) is 4.79 Å². The molecule has 0 aliphatic heterocycles. The van der Waals surface area contributed by atoms with E-state index in [1.165, 1.54) is 23.1 Å². The Morgan fingerprint density at radius 2 is 1.91 bits per heavy atom. The summed E-state index contributed by atoms with van der Waals surface area (Å²) in [4.78, 5) is 13.1. The molecule has 0 radical (unpaired) electrons. The fourth-order valence-electron chi connectivity index (χ4n) is 7.41. The van der Waals surface area contributed by atoms with Gasteiger partial charge in [-0.3, -0.25) is 4.79 Å². The number of aryl methyl sites for hydroxylation is 1. The van der Waals surface area contributed by atoms with Crippen LogP contribution < -0.4 is 4.74 Å². The van der Waals surface area contributed by atoms with Gasteiger partial charge in [-0.05, 0) is 91.0 Å². The van der Waals surface area contributed by atoms with Gasteiger partial charge >= 0.3 is 0 Å². The number of ether oxygens (including phenoxy) is 1. The van der Waals surface area contributed by atoms with Crippen LogP contribution in [-0.2, 0) is 17.8 Å². The Morgan fingerprint density at radius 1 is 1.06 bits per heavy atom. The van der Waals surface area contributed by atoms with E-state index in [1.54, 1.807) is 0 Å². The molecule has 1 N–H and O–H groups in total. The molecule has 0 amide bonds. The number of ketones is 1. The summed E-state index contributed by atoms with van der Waals surface area (Å²) >= 11 is 0. The molecule has 33 heavy (non-hydrogen) atoms. The molecule has 0 bridgehead atoms. The molecule has 3 heteroatoms. The minimum Gasteiger partial charge on any atom is -0.489 e. The van der Waals surface area contributed by atoms with E-state index < -0.39 is 0 Å². The summed E-state index contributed by atoms with van der Waals surface area (Å²) in [6, 6.07) is 17.1. The zero-order chi connectivity index (χ0) is 22.8. The number of fused-ring (bicyclic) bond motifs is 5. The van der Waals surface area contributed by atoms with Crippen LogP contribution >= 0.6 is 0 Å². The van der Waals surface area contributed by atoms with Crippen molar-refractivity contribution in [1.29, 1.82) is 0 Å². The maximum atomic E-state index is 13.1. The molecule has 0 heterocycles. The molecule has 3 nitrogen and oxygen atoms in total. The molecule has 2 saturated carbocycles. The Labute approximate surface area is 198 Å². The van der Waals surface area contributed by atoms with Crippen LogP contribution in [0.5, 0.6) is 5.75 Å². The van der Waals surface area contributed by atoms with Crippen LogP contribution in [-0.4, -0.2) is 17.5 Å². The van der Waals surface area contributed by atoms with Crippen molar-refractivity contribution in [3.8, 4) is 5.75 Å². The smallest absolute Gasteiger partial charge is 0.139 e. The first kappa shape index (κ1) is 22.7. The molecular weight excluding hydrogens is 408 g/mol. The minimum absolute atomic E-state index is 0.112. The first-order valence-corrected chi connectivity index (χ1v) is 13.0. The molecule has 2 aromatic carbocycles. The predicted octanol–water partition coefficient (Wildman–Crippen LogP) is 6.47. The van der Waals surface area contributed by atoms with Crippen molar-refractivity contribution in [1.82, 2.24) is 0 Å². The van der Waals surface area contributed by atoms with Gasteiger partial charge in [0.2, 0.25) is 0 Å². The average molecular weight is 447 g/mol. The second-order valence-electron chi connectivity index (χ2n) is 10.9. The van der Waals surface area contributed by atoms with E-state index in [1.807, 2.05) is 6.07 Å². The van der Waals surface area contributed by atoms with E-state index in [4.69, 9.17) is 9.84 Å². The molecule has 176 valence electrons. The Hall–Kier alpha value is -2.13. The van der Waals surface area contributed by atoms with Gasteiger partial charge in [0.1, 0.15) is 18.1 Å². The zero-order valence-electron chi connectivity index (χ0n) is 20.0. The lowest BCUT2D eigenvalue weighted by Crippen LogP contribution is -2.44. The van der Waals surface area contributed by atoms with Crippen LogP contribution in [0.25, 0.3) is 0 Å². The minimum atomic E-state index is -0.112. The molecule has 2 fully saturated rings. The predicted molar refractivity (Wildman–Crippen MR) is 131 cm³/mol. The van der Waals surface area contributed by atoms with Crippen LogP contribution in [0, 0.1) is 23.2 Å². The van der Waals surface area contributed by atoms with Gasteiger partial charge < -0.3 is 9.84 Å². The molecule has 0 spiro atoms. The number of carbonyl (C=O) groups excluding carboxylic acids is 1. The highest BCUT2D eigenvalue weighted by Gasteiger charge is 2.58. The fraction of sp³-hybridized carbons (Fsp3) is 0.567. The third kappa shape index (κ3) is 4.37. The number of hydrogen-bond acceptors (Lipinski definition) is 3. The summed E-state index contributed by atoms with van der Waals surface area (Å²) in [5.74, 6) is 3.76. The topological polar surface area (TPSA) is 46.5 Å². The van der Waals surface area contributed by atoms with Gasteiger partial charge in [-0.15, -0.1) is 0 Å². The number of aliphatic hydroxyl groups excluding tert-OH is 1. The van der Waals surface area contributed by atoms with Crippen LogP contribution in [0.3, 0.4) is 0 Å². The van der Waals surface area contributed by atoms with Crippen molar-refractivity contribution >= 4 is 5.78 Å². The van der Waals surface area contributed by atoms with Gasteiger partial charge in [0.25, 0.3) is 0 Å². The lowest BCUT2D eigenvalue weighted by molar-refractivity contribution is -0.129. The lowest BCUT2D eigenvalue weighted by atomic mass is 9.54. The van der Waals surface area contributed by atoms with E-state index in [-0.39, 0.29) is 12.0 Å². The SMILES string of the molecule is C[C@]12CC[C@@H]3c4ccc(OCc5ccccc5)cc4CC[C@H]3[C@@H]1[C@H](CCCCCO)CC2=O. The third-order valence-electron chi connectivity index (χ3n) is 9.02. The van der Waals surface area contributed by atoms with Crippen molar-refractivity contribution in [3.63, 3.8) is 0 Å². The second-order valence-corrected chi connectivity index (χ2v) is 10.9. The second kappa shape index (κ2) is 9.62. The van der Waals surface area contributed by atoms with Crippen molar-refractivity contribution in [3.05, 3.63) is 65.2 Å². The number of Topliss-reactive ketones (excluding diaryl/α,β-unsaturated/α-hetero) is 1. The van der Waals surface area contributed by atoms with Crippen molar-refractivity contribution in [2.45, 2.75) is 77.2 Å². The van der Waals surface area contributed by atoms with Crippen molar-refractivity contribution in [2.24, 2.45) is 23.2 Å². The molecule has 3 aliphatic rings. The number of benzene rings is 2. The lowest BCUT2D eigenvalue weighted by Gasteiger charge is -2.50. The Balaban J connectivity index is 1.31. The highest BCUT2D eigenvalue weighted by molar-refractivity contribution is 5.87. The van der Waals surface area contributed by atoms with E-state index >= 15 is 0 Å². The zero-order valence-corrected chi connectivity index (χ0v) is 20.0. The third-order valence-corrected chi connectivity index (χ3v) is 9.02. The highest BCUT2D eigenvalue weighted by atomic mass is 16.5. The van der Waals surface area contributed by atoms with Gasteiger partial charge in [0.15, 0.2) is 0 Å². The maximum absolute atomic E-state index is 13.1. The highest BCUT2D eigenvalue weighted by Crippen LogP contribution is 2.62. The van der Waals surface area contributed by atoms with Crippen LogP contribution in [0.2, 0.25) is 0 Å². The summed E-state index contributed by atoms with van der Waals surface area (Å²) in [5.41, 5.74) is 4.05. The van der Waals surface area contributed by atoms with Gasteiger partial charge in [0, 0.05) is 18.4 Å². The maximum Gasteiger partial charge on any atom is 0.139 e. The molecule has 5 rings (SSSR count). The first-order chi connectivity index (χ1) is 16.1. The van der Waals surface area contributed by atoms with Crippen LogP contribution in [0.15, 0.2) is 48.5 Å². The average Bonchev–Trinajstić information content (AvgIpc) is 3.10. The molecule has 5 atom stereocenters. The van der Waals surface area contributed by atoms with E-state index in [2.05, 4.69) is 49.4 Å². The molecule has 0 aromatic heterocycles. The number of aliphatic hydroxyl groups is 1. The Morgan fingerprint density at radius 3 is 2.73 bits per heavy atom. The van der Waals surface area contributed by atoms with Crippen LogP contribution in [0.1, 0.15) is 80.9 Å². The summed E-state index contributed by atoms with van der Waals surface area (Å²) < 4.78 is 6.11. The molecule has 0 unspecified atom stereocenters. The molecule has 2 aromatic rings. The van der Waals surface area contributed by atoms with E-state index in [0.29, 0.717) is 36.1 Å². The quantitative estimate of drug-likeness (QED) is 0.473. The number of unbranched alkanes of at least 4 members (excludes halogenated alkanes) is 2. The van der Waals surface area contributed by atoms with E-state index in [0.717, 1.165) is 57.1 Å². The van der Waals surface area contributed by atoms with Crippen LogP contribution in [0.4, 0.5) is 0 Å². The summed E-state index contributed by atoms with van der Waals surface area (Å²) in [7, 11) is 0. The summed E-state index contributed by atoms with van der Waals surface area (Å²) in [6.45, 7) is 3.16. The van der Waals surface area contributed by atoms with Gasteiger partial charge in [-0.1, -0.05) is 56.2 Å².